The predicted molar refractivity (Wildman–Crippen MR) is 96.7 cm³/mol. The van der Waals surface area contributed by atoms with Gasteiger partial charge in [0.1, 0.15) is 0 Å². The molecule has 0 aliphatic rings. The molecule has 1 unspecified atom stereocenters. The summed E-state index contributed by atoms with van der Waals surface area (Å²) < 4.78 is 25.2. The third kappa shape index (κ3) is 7.67. The molecular weight excluding hydrogens is 338 g/mol. The molecule has 6 nitrogen and oxygen atoms in total. The van der Waals surface area contributed by atoms with E-state index in [1.165, 1.54) is 0 Å². The van der Waals surface area contributed by atoms with Crippen LogP contribution < -0.4 is 15.8 Å². The van der Waals surface area contributed by atoms with Gasteiger partial charge in [0.05, 0.1) is 17.5 Å². The first kappa shape index (κ1) is 21.7. The lowest BCUT2D eigenvalue weighted by Crippen LogP contribution is -2.40. The van der Waals surface area contributed by atoms with Gasteiger partial charge in [-0.3, -0.25) is 9.52 Å². The summed E-state index contributed by atoms with van der Waals surface area (Å²) in [4.78, 5) is 12.4. The van der Waals surface area contributed by atoms with Crippen LogP contribution in [0.2, 0.25) is 0 Å². The molecule has 0 aliphatic heterocycles. The van der Waals surface area contributed by atoms with Gasteiger partial charge in [0, 0.05) is 12.6 Å². The number of anilines is 1. The van der Waals surface area contributed by atoms with Crippen LogP contribution in [0.5, 0.6) is 0 Å². The second-order valence-corrected chi connectivity index (χ2v) is 7.22. The Kier molecular flexibility index (Phi) is 9.19. The van der Waals surface area contributed by atoms with E-state index in [1.807, 2.05) is 6.92 Å². The first-order valence-corrected chi connectivity index (χ1v) is 9.25. The van der Waals surface area contributed by atoms with E-state index in [2.05, 4.69) is 17.0 Å². The number of aryl methyl sites for hydroxylation is 1. The maximum absolute atomic E-state index is 12.4. The van der Waals surface area contributed by atoms with Gasteiger partial charge in [-0.1, -0.05) is 31.4 Å². The van der Waals surface area contributed by atoms with E-state index in [9.17, 15) is 13.2 Å². The molecule has 1 rings (SSSR count). The third-order valence-electron chi connectivity index (χ3n) is 3.24. The first-order valence-electron chi connectivity index (χ1n) is 7.36. The van der Waals surface area contributed by atoms with E-state index in [0.717, 1.165) is 31.1 Å². The lowest BCUT2D eigenvalue weighted by Gasteiger charge is -2.18. The molecule has 23 heavy (non-hydrogen) atoms. The van der Waals surface area contributed by atoms with Gasteiger partial charge < -0.3 is 11.1 Å². The fourth-order valence-electron chi connectivity index (χ4n) is 2.10. The number of nitrogens with two attached hydrogens (primary N) is 1. The quantitative estimate of drug-likeness (QED) is 0.657. The highest BCUT2D eigenvalue weighted by Crippen LogP contribution is 2.19. The molecule has 1 atom stereocenters. The molecule has 0 aromatic heterocycles. The van der Waals surface area contributed by atoms with Crippen molar-refractivity contribution in [3.8, 4) is 0 Å². The molecule has 0 saturated carbocycles. The average Bonchev–Trinajstić information content (AvgIpc) is 2.43. The Labute approximate surface area is 144 Å². The fraction of sp³-hybridized carbons (Fsp3) is 0.533. The average molecular weight is 364 g/mol. The molecule has 1 aromatic rings. The van der Waals surface area contributed by atoms with Gasteiger partial charge in [-0.15, -0.1) is 12.4 Å². The van der Waals surface area contributed by atoms with Crippen LogP contribution in [0.15, 0.2) is 18.2 Å². The number of unbranched alkanes of at least 4 members (excludes halogenated alkanes) is 1. The zero-order chi connectivity index (χ0) is 16.8. The molecule has 0 bridgehead atoms. The number of carbonyl (C=O) groups excluding carboxylic acids is 1. The molecule has 0 aliphatic carbocycles. The van der Waals surface area contributed by atoms with Crippen LogP contribution in [0, 0.1) is 6.92 Å². The number of carbonyl (C=O) groups is 1. The molecule has 0 fully saturated rings. The van der Waals surface area contributed by atoms with Gasteiger partial charge in [0.15, 0.2) is 0 Å². The lowest BCUT2D eigenvalue weighted by atomic mass is 10.1. The van der Waals surface area contributed by atoms with Crippen molar-refractivity contribution in [3.05, 3.63) is 29.3 Å². The lowest BCUT2D eigenvalue weighted by molar-refractivity contribution is 0.0936. The summed E-state index contributed by atoms with van der Waals surface area (Å²) >= 11 is 0. The Hall–Kier alpha value is -1.31. The SMILES string of the molecule is CCCCC(CN)NC(=O)c1cc(C)ccc1NS(C)(=O)=O.Cl. The normalized spacial score (nSPS) is 12.2. The highest BCUT2D eigenvalue weighted by atomic mass is 35.5. The Morgan fingerprint density at radius 2 is 2.00 bits per heavy atom. The predicted octanol–water partition coefficient (Wildman–Crippen LogP) is 2.04. The largest absolute Gasteiger partial charge is 0.348 e. The van der Waals surface area contributed by atoms with Crippen LogP contribution >= 0.6 is 12.4 Å². The van der Waals surface area contributed by atoms with Crippen LogP contribution in [0.25, 0.3) is 0 Å². The molecule has 0 radical (unpaired) electrons. The highest BCUT2D eigenvalue weighted by Gasteiger charge is 2.17. The molecule has 0 saturated heterocycles. The Balaban J connectivity index is 0.00000484. The molecule has 8 heteroatoms. The third-order valence-corrected chi connectivity index (χ3v) is 3.83. The van der Waals surface area contributed by atoms with Gasteiger partial charge in [0.25, 0.3) is 5.91 Å². The minimum Gasteiger partial charge on any atom is -0.348 e. The van der Waals surface area contributed by atoms with Crippen LogP contribution in [0.1, 0.15) is 42.1 Å². The van der Waals surface area contributed by atoms with E-state index in [0.29, 0.717) is 12.1 Å². The summed E-state index contributed by atoms with van der Waals surface area (Å²) in [6.07, 6.45) is 3.86. The minimum absolute atomic E-state index is 0. The van der Waals surface area contributed by atoms with E-state index in [1.54, 1.807) is 18.2 Å². The second kappa shape index (κ2) is 9.75. The minimum atomic E-state index is -3.45. The summed E-state index contributed by atoms with van der Waals surface area (Å²) in [7, 11) is -3.45. The van der Waals surface area contributed by atoms with Crippen molar-refractivity contribution in [2.24, 2.45) is 5.73 Å². The zero-order valence-corrected chi connectivity index (χ0v) is 15.4. The second-order valence-electron chi connectivity index (χ2n) is 5.47. The molecule has 0 heterocycles. The van der Waals surface area contributed by atoms with Gasteiger partial charge in [-0.05, 0) is 25.5 Å². The topological polar surface area (TPSA) is 101 Å². The monoisotopic (exact) mass is 363 g/mol. The van der Waals surface area contributed by atoms with E-state index < -0.39 is 10.0 Å². The number of sulfonamides is 1. The van der Waals surface area contributed by atoms with E-state index >= 15 is 0 Å². The van der Waals surface area contributed by atoms with Crippen molar-refractivity contribution in [2.75, 3.05) is 17.5 Å². The van der Waals surface area contributed by atoms with Crippen molar-refractivity contribution in [3.63, 3.8) is 0 Å². The van der Waals surface area contributed by atoms with Gasteiger partial charge in [-0.25, -0.2) is 8.42 Å². The van der Waals surface area contributed by atoms with Crippen molar-refractivity contribution < 1.29 is 13.2 Å². The molecule has 1 aromatic carbocycles. The smallest absolute Gasteiger partial charge is 0.253 e. The number of nitrogens with one attached hydrogen (secondary N) is 2. The zero-order valence-electron chi connectivity index (χ0n) is 13.8. The maximum Gasteiger partial charge on any atom is 0.253 e. The molecular formula is C15H26ClN3O3S. The Morgan fingerprint density at radius 1 is 1.35 bits per heavy atom. The number of benzene rings is 1. The van der Waals surface area contributed by atoms with Gasteiger partial charge in [-0.2, -0.15) is 0 Å². The molecule has 0 spiro atoms. The molecule has 132 valence electrons. The van der Waals surface area contributed by atoms with Crippen LogP contribution in [0.4, 0.5) is 5.69 Å². The van der Waals surface area contributed by atoms with E-state index in [-0.39, 0.29) is 30.0 Å². The number of hydrogen-bond acceptors (Lipinski definition) is 4. The van der Waals surface area contributed by atoms with Crippen molar-refractivity contribution in [1.29, 1.82) is 0 Å². The maximum atomic E-state index is 12.4. The number of hydrogen-bond donors (Lipinski definition) is 3. The fourth-order valence-corrected chi connectivity index (χ4v) is 2.67. The highest BCUT2D eigenvalue weighted by molar-refractivity contribution is 7.92. The molecule has 1 amide bonds. The Morgan fingerprint density at radius 3 is 2.52 bits per heavy atom. The van der Waals surface area contributed by atoms with Crippen molar-refractivity contribution >= 4 is 34.0 Å². The summed E-state index contributed by atoms with van der Waals surface area (Å²) in [5.41, 5.74) is 7.14. The van der Waals surface area contributed by atoms with Gasteiger partial charge in [0.2, 0.25) is 10.0 Å². The summed E-state index contributed by atoms with van der Waals surface area (Å²) in [5.74, 6) is -0.318. The number of halogens is 1. The Bertz CT molecular complexity index is 620. The van der Waals surface area contributed by atoms with Crippen molar-refractivity contribution in [2.45, 2.75) is 39.2 Å². The van der Waals surface area contributed by atoms with E-state index in [4.69, 9.17) is 5.73 Å². The van der Waals surface area contributed by atoms with Crippen LogP contribution in [-0.2, 0) is 10.0 Å². The first-order chi connectivity index (χ1) is 10.3. The van der Waals surface area contributed by atoms with Crippen LogP contribution in [0.3, 0.4) is 0 Å². The molecule has 4 N–H and O–H groups in total. The number of rotatable bonds is 8. The van der Waals surface area contributed by atoms with Crippen LogP contribution in [-0.4, -0.2) is 33.2 Å². The summed E-state index contributed by atoms with van der Waals surface area (Å²) in [5, 5.41) is 2.87. The van der Waals surface area contributed by atoms with Gasteiger partial charge >= 0.3 is 0 Å². The standard InChI is InChI=1S/C15H25N3O3S.ClH/c1-4-5-6-12(10-16)17-15(19)13-9-11(2)7-8-14(13)18-22(3,20)21;/h7-9,12,18H,4-6,10,16H2,1-3H3,(H,17,19);1H. The summed E-state index contributed by atoms with van der Waals surface area (Å²) in [6, 6.07) is 4.89. The number of amides is 1. The van der Waals surface area contributed by atoms with Crippen molar-refractivity contribution in [1.82, 2.24) is 5.32 Å². The summed E-state index contributed by atoms with van der Waals surface area (Å²) in [6.45, 7) is 4.27.